The molecular weight excluding hydrogens is 348 g/mol. The predicted octanol–water partition coefficient (Wildman–Crippen LogP) is 4.70. The molecule has 0 saturated carbocycles. The zero-order valence-corrected chi connectivity index (χ0v) is 14.7. The van der Waals surface area contributed by atoms with Gasteiger partial charge in [-0.25, -0.2) is 9.97 Å². The number of anilines is 1. The third kappa shape index (κ3) is 2.93. The van der Waals surface area contributed by atoms with E-state index in [1.54, 1.807) is 0 Å². The monoisotopic (exact) mass is 362 g/mol. The van der Waals surface area contributed by atoms with Crippen LogP contribution in [0.1, 0.15) is 6.92 Å². The molecule has 5 nitrogen and oxygen atoms in total. The molecule has 26 heavy (non-hydrogen) atoms. The number of aromatic nitrogens is 3. The molecule has 4 aromatic rings. The van der Waals surface area contributed by atoms with E-state index >= 15 is 0 Å². The molecule has 0 fully saturated rings. The highest BCUT2D eigenvalue weighted by atomic mass is 35.5. The van der Waals surface area contributed by atoms with Gasteiger partial charge in [0.1, 0.15) is 17.4 Å². The van der Waals surface area contributed by atoms with Crippen LogP contribution in [0.5, 0.6) is 0 Å². The van der Waals surface area contributed by atoms with Gasteiger partial charge in [0, 0.05) is 30.1 Å². The lowest BCUT2D eigenvalue weighted by Gasteiger charge is -2.05. The van der Waals surface area contributed by atoms with E-state index in [2.05, 4.69) is 15.3 Å². The summed E-state index contributed by atoms with van der Waals surface area (Å²) in [5, 5.41) is 3.20. The number of nitrogens with one attached hydrogen (secondary N) is 1. The van der Waals surface area contributed by atoms with Crippen LogP contribution in [0.2, 0.25) is 5.15 Å². The Labute approximate surface area is 155 Å². The average Bonchev–Trinajstić information content (AvgIpc) is 3.03. The molecule has 0 aliphatic carbocycles. The largest absolute Gasteiger partial charge is 0.326 e. The number of benzene rings is 2. The zero-order chi connectivity index (χ0) is 18.1. The van der Waals surface area contributed by atoms with Gasteiger partial charge in [-0.3, -0.25) is 4.79 Å². The normalized spacial score (nSPS) is 10.8. The molecule has 1 amide bonds. The number of fused-ring (bicyclic) bond motifs is 1. The van der Waals surface area contributed by atoms with Gasteiger partial charge in [0.2, 0.25) is 5.91 Å². The lowest BCUT2D eigenvalue weighted by atomic mass is 10.1. The molecule has 2 heterocycles. The Morgan fingerprint density at radius 3 is 2.65 bits per heavy atom. The minimum absolute atomic E-state index is 0.112. The first kappa shape index (κ1) is 16.3. The van der Waals surface area contributed by atoms with E-state index in [9.17, 15) is 4.79 Å². The smallest absolute Gasteiger partial charge is 0.221 e. The van der Waals surface area contributed by atoms with Gasteiger partial charge in [-0.05, 0) is 29.8 Å². The molecule has 0 bridgehead atoms. The van der Waals surface area contributed by atoms with Crippen molar-refractivity contribution in [1.82, 2.24) is 14.5 Å². The van der Waals surface area contributed by atoms with E-state index in [0.717, 1.165) is 33.5 Å². The number of rotatable bonds is 3. The average molecular weight is 363 g/mol. The third-order valence-electron chi connectivity index (χ3n) is 4.06. The van der Waals surface area contributed by atoms with Gasteiger partial charge in [0.25, 0.3) is 0 Å². The maximum Gasteiger partial charge on any atom is 0.221 e. The number of nitrogens with zero attached hydrogens (tertiary/aromatic N) is 3. The summed E-state index contributed by atoms with van der Waals surface area (Å²) in [7, 11) is 0. The van der Waals surface area contributed by atoms with Crippen LogP contribution in [0.4, 0.5) is 5.69 Å². The van der Waals surface area contributed by atoms with Crippen LogP contribution < -0.4 is 5.32 Å². The summed E-state index contributed by atoms with van der Waals surface area (Å²) in [5.41, 5.74) is 5.06. The summed E-state index contributed by atoms with van der Waals surface area (Å²) in [6, 6.07) is 17.5. The summed E-state index contributed by atoms with van der Waals surface area (Å²) < 4.78 is 1.98. The Morgan fingerprint density at radius 1 is 1.08 bits per heavy atom. The Morgan fingerprint density at radius 2 is 1.88 bits per heavy atom. The van der Waals surface area contributed by atoms with Crippen LogP contribution in [0.15, 0.2) is 67.1 Å². The fraction of sp³-hybridized carbons (Fsp3) is 0.0500. The molecule has 0 atom stereocenters. The molecule has 2 aromatic carbocycles. The van der Waals surface area contributed by atoms with E-state index in [1.807, 2.05) is 65.4 Å². The van der Waals surface area contributed by atoms with Crippen molar-refractivity contribution in [1.29, 1.82) is 0 Å². The minimum Gasteiger partial charge on any atom is -0.326 e. The van der Waals surface area contributed by atoms with Crippen molar-refractivity contribution < 1.29 is 4.79 Å². The Bertz CT molecular complexity index is 1110. The Balaban J connectivity index is 1.95. The van der Waals surface area contributed by atoms with E-state index in [1.165, 1.54) is 13.3 Å². The van der Waals surface area contributed by atoms with Crippen LogP contribution in [-0.2, 0) is 4.79 Å². The zero-order valence-electron chi connectivity index (χ0n) is 14.0. The third-order valence-corrected chi connectivity index (χ3v) is 4.34. The molecule has 6 heteroatoms. The summed E-state index contributed by atoms with van der Waals surface area (Å²) in [6.07, 6.45) is 3.45. The van der Waals surface area contributed by atoms with Crippen molar-refractivity contribution in [2.75, 3.05) is 5.32 Å². The number of halogens is 1. The molecule has 0 unspecified atom stereocenters. The number of amides is 1. The second kappa shape index (κ2) is 6.61. The molecular formula is C20H15ClN4O. The highest BCUT2D eigenvalue weighted by Gasteiger charge is 2.16. The highest BCUT2D eigenvalue weighted by molar-refractivity contribution is 6.34. The van der Waals surface area contributed by atoms with Crippen LogP contribution in [0, 0.1) is 0 Å². The van der Waals surface area contributed by atoms with E-state index in [-0.39, 0.29) is 5.91 Å². The Hall–Kier alpha value is -3.18. The van der Waals surface area contributed by atoms with Gasteiger partial charge in [-0.1, -0.05) is 41.9 Å². The molecule has 0 spiro atoms. The number of carbonyl (C=O) groups excluding carboxylic acids is 1. The standard InChI is InChI=1S/C20H15ClN4O/c1-13(26)24-15-7-5-6-14(10-15)17-11-25(16-8-3-2-4-9-16)19-18(17)22-12-23-20(19)21/h2-12H,1H3,(H,24,26). The number of hydrogen-bond acceptors (Lipinski definition) is 3. The van der Waals surface area contributed by atoms with Crippen molar-refractivity contribution >= 4 is 34.2 Å². The quantitative estimate of drug-likeness (QED) is 0.537. The molecule has 2 aromatic heterocycles. The summed E-state index contributed by atoms with van der Waals surface area (Å²) in [4.78, 5) is 19.9. The first-order valence-corrected chi connectivity index (χ1v) is 8.46. The lowest BCUT2D eigenvalue weighted by molar-refractivity contribution is -0.114. The maximum atomic E-state index is 11.4. The van der Waals surface area contributed by atoms with Gasteiger partial charge in [-0.2, -0.15) is 0 Å². The SMILES string of the molecule is CC(=O)Nc1cccc(-c2cn(-c3ccccc3)c3c(Cl)ncnc23)c1. The van der Waals surface area contributed by atoms with E-state index in [0.29, 0.717) is 5.15 Å². The van der Waals surface area contributed by atoms with Gasteiger partial charge < -0.3 is 9.88 Å². The first-order valence-electron chi connectivity index (χ1n) is 8.08. The van der Waals surface area contributed by atoms with Crippen molar-refractivity contribution in [2.45, 2.75) is 6.92 Å². The van der Waals surface area contributed by atoms with E-state index < -0.39 is 0 Å². The minimum atomic E-state index is -0.112. The lowest BCUT2D eigenvalue weighted by Crippen LogP contribution is -2.05. The summed E-state index contributed by atoms with van der Waals surface area (Å²) >= 11 is 6.38. The first-order chi connectivity index (χ1) is 12.6. The highest BCUT2D eigenvalue weighted by Crippen LogP contribution is 2.34. The van der Waals surface area contributed by atoms with Crippen LogP contribution >= 0.6 is 11.6 Å². The van der Waals surface area contributed by atoms with Gasteiger partial charge in [0.05, 0.1) is 0 Å². The van der Waals surface area contributed by atoms with Gasteiger partial charge >= 0.3 is 0 Å². The predicted molar refractivity (Wildman–Crippen MR) is 104 cm³/mol. The van der Waals surface area contributed by atoms with Crippen molar-refractivity contribution in [3.8, 4) is 16.8 Å². The van der Waals surface area contributed by atoms with Crippen LogP contribution in [-0.4, -0.2) is 20.4 Å². The van der Waals surface area contributed by atoms with Crippen molar-refractivity contribution in [2.24, 2.45) is 0 Å². The number of carbonyl (C=O) groups is 1. The molecule has 4 rings (SSSR count). The van der Waals surface area contributed by atoms with Crippen LogP contribution in [0.25, 0.3) is 27.8 Å². The maximum absolute atomic E-state index is 11.4. The van der Waals surface area contributed by atoms with Gasteiger partial charge in [-0.15, -0.1) is 0 Å². The molecule has 0 radical (unpaired) electrons. The fourth-order valence-electron chi connectivity index (χ4n) is 2.99. The molecule has 0 aliphatic heterocycles. The second-order valence-electron chi connectivity index (χ2n) is 5.87. The Kier molecular flexibility index (Phi) is 4.14. The van der Waals surface area contributed by atoms with Crippen molar-refractivity contribution in [3.05, 3.63) is 72.3 Å². The molecule has 1 N–H and O–H groups in total. The van der Waals surface area contributed by atoms with Crippen molar-refractivity contribution in [3.63, 3.8) is 0 Å². The fourth-order valence-corrected chi connectivity index (χ4v) is 3.22. The topological polar surface area (TPSA) is 59.8 Å². The molecule has 128 valence electrons. The van der Waals surface area contributed by atoms with E-state index in [4.69, 9.17) is 11.6 Å². The van der Waals surface area contributed by atoms with Gasteiger partial charge in [0.15, 0.2) is 5.15 Å². The number of para-hydroxylation sites is 1. The second-order valence-corrected chi connectivity index (χ2v) is 6.23. The molecule has 0 aliphatic rings. The number of hydrogen-bond donors (Lipinski definition) is 1. The summed E-state index contributed by atoms with van der Waals surface area (Å²) in [6.45, 7) is 1.49. The summed E-state index contributed by atoms with van der Waals surface area (Å²) in [5.74, 6) is -0.112. The van der Waals surface area contributed by atoms with Crippen LogP contribution in [0.3, 0.4) is 0 Å². The molecule has 0 saturated heterocycles.